The summed E-state index contributed by atoms with van der Waals surface area (Å²) in [6, 6.07) is 1.10. The van der Waals surface area contributed by atoms with Gasteiger partial charge in [0.1, 0.15) is 6.04 Å². The van der Waals surface area contributed by atoms with Crippen molar-refractivity contribution in [2.45, 2.75) is 19.4 Å². The number of aromatic nitrogens is 1. The number of hydrogen-bond donors (Lipinski definition) is 2. The van der Waals surface area contributed by atoms with Gasteiger partial charge in [-0.05, 0) is 12.5 Å². The van der Waals surface area contributed by atoms with Crippen LogP contribution in [0.15, 0.2) is 12.3 Å². The van der Waals surface area contributed by atoms with E-state index < -0.39 is 6.04 Å². The fraction of sp³-hybridized carbons (Fsp3) is 0.364. The Labute approximate surface area is 109 Å². The first-order valence-electron chi connectivity index (χ1n) is 5.54. The van der Waals surface area contributed by atoms with Gasteiger partial charge in [-0.25, -0.2) is 4.98 Å². The summed E-state index contributed by atoms with van der Waals surface area (Å²) in [7, 11) is 0. The molecule has 6 nitrogen and oxygen atoms in total. The molecule has 1 unspecified atom stereocenters. The van der Waals surface area contributed by atoms with E-state index in [1.165, 1.54) is 6.20 Å². The van der Waals surface area contributed by atoms with Crippen molar-refractivity contribution in [2.75, 3.05) is 17.2 Å². The van der Waals surface area contributed by atoms with Gasteiger partial charge in [0, 0.05) is 6.20 Å². The van der Waals surface area contributed by atoms with Gasteiger partial charge in [-0.2, -0.15) is 0 Å². The molecule has 2 heterocycles. The highest BCUT2D eigenvalue weighted by molar-refractivity contribution is 6.30. The largest absolute Gasteiger partial charge is 0.396 e. The lowest BCUT2D eigenvalue weighted by molar-refractivity contribution is -0.132. The van der Waals surface area contributed by atoms with E-state index in [0.717, 1.165) is 0 Å². The van der Waals surface area contributed by atoms with Crippen LogP contribution in [0.25, 0.3) is 0 Å². The summed E-state index contributed by atoms with van der Waals surface area (Å²) in [5, 5.41) is 2.71. The lowest BCUT2D eigenvalue weighted by Crippen LogP contribution is -2.58. The average Bonchev–Trinajstić information content (AvgIpc) is 2.28. The van der Waals surface area contributed by atoms with Crippen molar-refractivity contribution >= 4 is 34.9 Å². The number of carbonyl (C=O) groups is 2. The first kappa shape index (κ1) is 12.6. The van der Waals surface area contributed by atoms with Crippen molar-refractivity contribution in [3.63, 3.8) is 0 Å². The lowest BCUT2D eigenvalue weighted by atomic mass is 10.1. The van der Waals surface area contributed by atoms with E-state index >= 15 is 0 Å². The second-order valence-electron chi connectivity index (χ2n) is 4.03. The van der Waals surface area contributed by atoms with Crippen LogP contribution in [0.3, 0.4) is 0 Å². The number of nitrogens with zero attached hydrogens (tertiary/aromatic N) is 2. The third-order valence-electron chi connectivity index (χ3n) is 2.78. The molecule has 7 heteroatoms. The van der Waals surface area contributed by atoms with Gasteiger partial charge in [0.15, 0.2) is 5.82 Å². The summed E-state index contributed by atoms with van der Waals surface area (Å²) < 4.78 is 0. The second kappa shape index (κ2) is 4.81. The van der Waals surface area contributed by atoms with Crippen LogP contribution in [0, 0.1) is 0 Å². The van der Waals surface area contributed by atoms with E-state index in [-0.39, 0.29) is 18.4 Å². The van der Waals surface area contributed by atoms with Crippen LogP contribution in [0.5, 0.6) is 0 Å². The number of carbonyl (C=O) groups excluding carboxylic acids is 2. The fourth-order valence-electron chi connectivity index (χ4n) is 1.98. The van der Waals surface area contributed by atoms with Gasteiger partial charge < -0.3 is 10.6 Å². The maximum atomic E-state index is 11.7. The molecule has 0 spiro atoms. The molecule has 1 fully saturated rings. The Hall–Kier alpha value is -1.82. The predicted octanol–water partition coefficient (Wildman–Crippen LogP) is 0.559. The number of amides is 2. The molecule has 1 saturated heterocycles. The van der Waals surface area contributed by atoms with E-state index in [9.17, 15) is 9.59 Å². The number of piperazine rings is 1. The van der Waals surface area contributed by atoms with Crippen molar-refractivity contribution in [2.24, 2.45) is 0 Å². The zero-order valence-corrected chi connectivity index (χ0v) is 10.6. The Morgan fingerprint density at radius 2 is 2.33 bits per heavy atom. The molecule has 96 valence electrons. The number of halogens is 1. The Morgan fingerprint density at radius 1 is 1.61 bits per heavy atom. The molecule has 18 heavy (non-hydrogen) atoms. The standard InChI is InChI=1S/C11H13ClN4O2/c1-2-8-11(18)15-9(17)5-16(8)10-7(13)3-6(12)4-14-10/h3-4,8H,2,5,13H2,1H3,(H,15,17,18). The number of pyridine rings is 1. The maximum absolute atomic E-state index is 11.7. The number of nitrogen functional groups attached to an aromatic ring is 1. The summed E-state index contributed by atoms with van der Waals surface area (Å²) in [5.41, 5.74) is 6.18. The first-order chi connectivity index (χ1) is 8.52. The van der Waals surface area contributed by atoms with Crippen molar-refractivity contribution in [3.05, 3.63) is 17.3 Å². The molecule has 2 amide bonds. The number of imide groups is 1. The summed E-state index contributed by atoms with van der Waals surface area (Å²) in [4.78, 5) is 28.9. The summed E-state index contributed by atoms with van der Waals surface area (Å²) >= 11 is 5.78. The van der Waals surface area contributed by atoms with Gasteiger partial charge in [0.2, 0.25) is 11.8 Å². The highest BCUT2D eigenvalue weighted by atomic mass is 35.5. The molecule has 0 saturated carbocycles. The normalized spacial score (nSPS) is 19.9. The molecule has 1 aromatic rings. The zero-order chi connectivity index (χ0) is 13.3. The Balaban J connectivity index is 2.39. The topological polar surface area (TPSA) is 88.3 Å². The monoisotopic (exact) mass is 268 g/mol. The van der Waals surface area contributed by atoms with E-state index in [1.807, 2.05) is 6.92 Å². The molecule has 0 aromatic carbocycles. The van der Waals surface area contributed by atoms with E-state index in [1.54, 1.807) is 11.0 Å². The maximum Gasteiger partial charge on any atom is 0.249 e. The van der Waals surface area contributed by atoms with Crippen LogP contribution >= 0.6 is 11.6 Å². The molecule has 2 rings (SSSR count). The molecule has 3 N–H and O–H groups in total. The van der Waals surface area contributed by atoms with Crippen LogP contribution in [0.2, 0.25) is 5.02 Å². The number of nitrogens with two attached hydrogens (primary N) is 1. The van der Waals surface area contributed by atoms with E-state index in [2.05, 4.69) is 10.3 Å². The van der Waals surface area contributed by atoms with Crippen molar-refractivity contribution in [3.8, 4) is 0 Å². The molecule has 1 aliphatic heterocycles. The third-order valence-corrected chi connectivity index (χ3v) is 2.98. The molecule has 0 aliphatic carbocycles. The summed E-state index contributed by atoms with van der Waals surface area (Å²) in [6.07, 6.45) is 2.00. The van der Waals surface area contributed by atoms with E-state index in [4.69, 9.17) is 17.3 Å². The molecule has 1 aromatic heterocycles. The van der Waals surface area contributed by atoms with Crippen molar-refractivity contribution in [1.29, 1.82) is 0 Å². The number of rotatable bonds is 2. The van der Waals surface area contributed by atoms with Gasteiger partial charge >= 0.3 is 0 Å². The summed E-state index contributed by atoms with van der Waals surface area (Å²) in [6.45, 7) is 1.92. The minimum Gasteiger partial charge on any atom is -0.396 e. The first-order valence-corrected chi connectivity index (χ1v) is 5.92. The number of nitrogens with one attached hydrogen (secondary N) is 1. The van der Waals surface area contributed by atoms with E-state index in [0.29, 0.717) is 22.9 Å². The third kappa shape index (κ3) is 2.24. The molecule has 0 radical (unpaired) electrons. The fourth-order valence-corrected chi connectivity index (χ4v) is 2.15. The SMILES string of the molecule is CCC1C(=O)NC(=O)CN1c1ncc(Cl)cc1N. The molecule has 1 aliphatic rings. The Bertz CT molecular complexity index is 506. The minimum atomic E-state index is -0.446. The Kier molecular flexibility index (Phi) is 3.38. The quantitative estimate of drug-likeness (QED) is 0.765. The second-order valence-corrected chi connectivity index (χ2v) is 4.47. The molecular weight excluding hydrogens is 256 g/mol. The van der Waals surface area contributed by atoms with Crippen LogP contribution < -0.4 is 16.0 Å². The Morgan fingerprint density at radius 3 is 2.94 bits per heavy atom. The van der Waals surface area contributed by atoms with Crippen molar-refractivity contribution in [1.82, 2.24) is 10.3 Å². The van der Waals surface area contributed by atoms with Gasteiger partial charge in [-0.1, -0.05) is 18.5 Å². The number of hydrogen-bond acceptors (Lipinski definition) is 5. The molecule has 0 bridgehead atoms. The van der Waals surface area contributed by atoms with Crippen LogP contribution in [0.4, 0.5) is 11.5 Å². The lowest BCUT2D eigenvalue weighted by Gasteiger charge is -2.34. The highest BCUT2D eigenvalue weighted by Crippen LogP contribution is 2.26. The number of anilines is 2. The smallest absolute Gasteiger partial charge is 0.249 e. The minimum absolute atomic E-state index is 0.0586. The van der Waals surface area contributed by atoms with Crippen LogP contribution in [-0.4, -0.2) is 29.4 Å². The van der Waals surface area contributed by atoms with Gasteiger partial charge in [-0.15, -0.1) is 0 Å². The average molecular weight is 269 g/mol. The van der Waals surface area contributed by atoms with Crippen LogP contribution in [-0.2, 0) is 9.59 Å². The zero-order valence-electron chi connectivity index (χ0n) is 9.81. The van der Waals surface area contributed by atoms with Crippen molar-refractivity contribution < 1.29 is 9.59 Å². The predicted molar refractivity (Wildman–Crippen MR) is 68.2 cm³/mol. The molecule has 1 atom stereocenters. The molecular formula is C11H13ClN4O2. The van der Waals surface area contributed by atoms with Gasteiger partial charge in [0.25, 0.3) is 0 Å². The summed E-state index contributed by atoms with van der Waals surface area (Å²) in [5.74, 6) is -0.278. The van der Waals surface area contributed by atoms with Gasteiger partial charge in [0.05, 0.1) is 17.3 Å². The van der Waals surface area contributed by atoms with Crippen LogP contribution in [0.1, 0.15) is 13.3 Å². The highest BCUT2D eigenvalue weighted by Gasteiger charge is 2.34. The van der Waals surface area contributed by atoms with Gasteiger partial charge in [-0.3, -0.25) is 14.9 Å².